The Morgan fingerprint density at radius 2 is 2.29 bits per heavy atom. The van der Waals surface area contributed by atoms with Crippen LogP contribution in [-0.4, -0.2) is 11.6 Å². The molecule has 0 atom stereocenters. The smallest absolute Gasteiger partial charge is 0.121 e. The molecule has 17 heavy (non-hydrogen) atoms. The molecule has 2 rings (SSSR count). The SMILES string of the molecule is CCc1nc(CCOc2cccc(N)c2)cs1. The number of ether oxygens (including phenoxy) is 1. The van der Waals surface area contributed by atoms with E-state index in [4.69, 9.17) is 10.5 Å². The van der Waals surface area contributed by atoms with Gasteiger partial charge in [-0.25, -0.2) is 4.98 Å². The molecule has 0 aliphatic carbocycles. The Balaban J connectivity index is 1.83. The van der Waals surface area contributed by atoms with Crippen LogP contribution in [0.5, 0.6) is 5.75 Å². The van der Waals surface area contributed by atoms with Gasteiger partial charge in [-0.1, -0.05) is 13.0 Å². The first-order chi connectivity index (χ1) is 8.28. The lowest BCUT2D eigenvalue weighted by molar-refractivity contribution is 0.321. The van der Waals surface area contributed by atoms with Gasteiger partial charge in [0, 0.05) is 23.6 Å². The Hall–Kier alpha value is -1.55. The van der Waals surface area contributed by atoms with Crippen molar-refractivity contribution >= 4 is 17.0 Å². The lowest BCUT2D eigenvalue weighted by Gasteiger charge is -2.05. The molecule has 0 bridgehead atoms. The van der Waals surface area contributed by atoms with E-state index in [9.17, 15) is 0 Å². The van der Waals surface area contributed by atoms with Gasteiger partial charge in [-0.15, -0.1) is 11.3 Å². The molecule has 0 unspecified atom stereocenters. The summed E-state index contributed by atoms with van der Waals surface area (Å²) in [4.78, 5) is 4.49. The molecule has 0 amide bonds. The number of hydrogen-bond acceptors (Lipinski definition) is 4. The zero-order valence-corrected chi connectivity index (χ0v) is 10.7. The highest BCUT2D eigenvalue weighted by Gasteiger charge is 2.01. The van der Waals surface area contributed by atoms with Crippen molar-refractivity contribution in [1.29, 1.82) is 0 Å². The number of aromatic nitrogens is 1. The number of rotatable bonds is 5. The van der Waals surface area contributed by atoms with Gasteiger partial charge in [-0.05, 0) is 18.6 Å². The van der Waals surface area contributed by atoms with Crippen molar-refractivity contribution in [2.75, 3.05) is 12.3 Å². The molecule has 90 valence electrons. The van der Waals surface area contributed by atoms with E-state index in [2.05, 4.69) is 17.3 Å². The average Bonchev–Trinajstić information content (AvgIpc) is 2.77. The van der Waals surface area contributed by atoms with Crippen LogP contribution in [0.1, 0.15) is 17.6 Å². The fraction of sp³-hybridized carbons (Fsp3) is 0.308. The number of thiazole rings is 1. The Morgan fingerprint density at radius 3 is 3.00 bits per heavy atom. The number of nitrogen functional groups attached to an aromatic ring is 1. The van der Waals surface area contributed by atoms with Gasteiger partial charge in [-0.2, -0.15) is 0 Å². The summed E-state index contributed by atoms with van der Waals surface area (Å²) in [5, 5.41) is 3.28. The monoisotopic (exact) mass is 248 g/mol. The predicted octanol–water partition coefficient (Wildman–Crippen LogP) is 2.91. The fourth-order valence-corrected chi connectivity index (χ4v) is 2.28. The van der Waals surface area contributed by atoms with Crippen LogP contribution >= 0.6 is 11.3 Å². The van der Waals surface area contributed by atoms with Gasteiger partial charge in [0.1, 0.15) is 5.75 Å². The van der Waals surface area contributed by atoms with E-state index in [-0.39, 0.29) is 0 Å². The summed E-state index contributed by atoms with van der Waals surface area (Å²) in [6, 6.07) is 7.48. The van der Waals surface area contributed by atoms with Crippen LogP contribution in [-0.2, 0) is 12.8 Å². The van der Waals surface area contributed by atoms with Crippen LogP contribution < -0.4 is 10.5 Å². The maximum Gasteiger partial charge on any atom is 0.121 e. The molecule has 1 aromatic heterocycles. The van der Waals surface area contributed by atoms with Crippen molar-refractivity contribution in [3.8, 4) is 5.75 Å². The van der Waals surface area contributed by atoms with Crippen molar-refractivity contribution in [2.45, 2.75) is 19.8 Å². The summed E-state index contributed by atoms with van der Waals surface area (Å²) in [5.74, 6) is 0.816. The Labute approximate surface area is 105 Å². The third-order valence-corrected chi connectivity index (χ3v) is 3.43. The lowest BCUT2D eigenvalue weighted by atomic mass is 10.3. The molecule has 0 radical (unpaired) electrons. The predicted molar refractivity (Wildman–Crippen MR) is 71.5 cm³/mol. The van der Waals surface area contributed by atoms with Gasteiger partial charge in [0.15, 0.2) is 0 Å². The van der Waals surface area contributed by atoms with Crippen LogP contribution in [0, 0.1) is 0 Å². The third kappa shape index (κ3) is 3.46. The van der Waals surface area contributed by atoms with E-state index in [0.29, 0.717) is 6.61 Å². The molecule has 2 N–H and O–H groups in total. The zero-order valence-electron chi connectivity index (χ0n) is 9.85. The standard InChI is InChI=1S/C13H16N2OS/c1-2-13-15-11(9-17-13)6-7-16-12-5-3-4-10(14)8-12/h3-5,8-9H,2,6-7,14H2,1H3. The topological polar surface area (TPSA) is 48.1 Å². The fourth-order valence-electron chi connectivity index (χ4n) is 1.50. The number of nitrogens with two attached hydrogens (primary N) is 1. The van der Waals surface area contributed by atoms with Gasteiger partial charge in [0.05, 0.1) is 17.3 Å². The molecule has 0 saturated heterocycles. The van der Waals surface area contributed by atoms with Crippen molar-refractivity contribution in [2.24, 2.45) is 0 Å². The summed E-state index contributed by atoms with van der Waals surface area (Å²) in [6.45, 7) is 2.75. The number of nitrogens with zero attached hydrogens (tertiary/aromatic N) is 1. The Kier molecular flexibility index (Phi) is 3.98. The summed E-state index contributed by atoms with van der Waals surface area (Å²) >= 11 is 1.71. The van der Waals surface area contributed by atoms with Crippen LogP contribution in [0.3, 0.4) is 0 Å². The molecule has 0 saturated carbocycles. The van der Waals surface area contributed by atoms with Crippen LogP contribution in [0.4, 0.5) is 5.69 Å². The van der Waals surface area contributed by atoms with Gasteiger partial charge < -0.3 is 10.5 Å². The average molecular weight is 248 g/mol. The molecule has 1 heterocycles. The second-order valence-corrected chi connectivity index (χ2v) is 4.70. The molecule has 0 fully saturated rings. The number of aryl methyl sites for hydroxylation is 1. The summed E-state index contributed by atoms with van der Waals surface area (Å²) < 4.78 is 5.62. The lowest BCUT2D eigenvalue weighted by Crippen LogP contribution is -2.02. The highest BCUT2D eigenvalue weighted by atomic mass is 32.1. The second-order valence-electron chi connectivity index (χ2n) is 3.76. The highest BCUT2D eigenvalue weighted by Crippen LogP contribution is 2.15. The first-order valence-electron chi connectivity index (χ1n) is 5.69. The second kappa shape index (κ2) is 5.68. The summed E-state index contributed by atoms with van der Waals surface area (Å²) in [5.41, 5.74) is 7.51. The molecular formula is C13H16N2OS. The van der Waals surface area contributed by atoms with Gasteiger partial charge in [0.25, 0.3) is 0 Å². The highest BCUT2D eigenvalue weighted by molar-refractivity contribution is 7.09. The van der Waals surface area contributed by atoms with Crippen LogP contribution in [0.2, 0.25) is 0 Å². The normalized spacial score (nSPS) is 10.4. The molecule has 0 aliphatic rings. The van der Waals surface area contributed by atoms with E-state index >= 15 is 0 Å². The van der Waals surface area contributed by atoms with E-state index in [1.807, 2.05) is 24.3 Å². The minimum atomic E-state index is 0.635. The number of anilines is 1. The molecule has 0 spiro atoms. The van der Waals surface area contributed by atoms with Gasteiger partial charge in [-0.3, -0.25) is 0 Å². The maximum atomic E-state index is 5.67. The zero-order chi connectivity index (χ0) is 12.1. The van der Waals surface area contributed by atoms with Crippen molar-refractivity contribution in [3.63, 3.8) is 0 Å². The van der Waals surface area contributed by atoms with E-state index in [0.717, 1.165) is 30.0 Å². The number of hydrogen-bond donors (Lipinski definition) is 1. The van der Waals surface area contributed by atoms with E-state index in [1.165, 1.54) is 5.01 Å². The maximum absolute atomic E-state index is 5.67. The Bertz CT molecular complexity index is 482. The van der Waals surface area contributed by atoms with E-state index in [1.54, 1.807) is 11.3 Å². The van der Waals surface area contributed by atoms with E-state index < -0.39 is 0 Å². The molecule has 4 heteroatoms. The van der Waals surface area contributed by atoms with Crippen LogP contribution in [0.25, 0.3) is 0 Å². The molecule has 0 aliphatic heterocycles. The molecule has 2 aromatic rings. The quantitative estimate of drug-likeness (QED) is 0.828. The molecule has 1 aromatic carbocycles. The first-order valence-corrected chi connectivity index (χ1v) is 6.57. The van der Waals surface area contributed by atoms with Gasteiger partial charge >= 0.3 is 0 Å². The molecule has 3 nitrogen and oxygen atoms in total. The summed E-state index contributed by atoms with van der Waals surface area (Å²) in [6.07, 6.45) is 1.84. The first kappa shape index (κ1) is 11.9. The minimum absolute atomic E-state index is 0.635. The summed E-state index contributed by atoms with van der Waals surface area (Å²) in [7, 11) is 0. The van der Waals surface area contributed by atoms with Gasteiger partial charge in [0.2, 0.25) is 0 Å². The van der Waals surface area contributed by atoms with Crippen molar-refractivity contribution in [1.82, 2.24) is 4.98 Å². The van der Waals surface area contributed by atoms with Crippen molar-refractivity contribution in [3.05, 3.63) is 40.3 Å². The third-order valence-electron chi connectivity index (χ3n) is 2.39. The Morgan fingerprint density at radius 1 is 1.41 bits per heavy atom. The molecular weight excluding hydrogens is 232 g/mol. The largest absolute Gasteiger partial charge is 0.493 e. The van der Waals surface area contributed by atoms with Crippen LogP contribution in [0.15, 0.2) is 29.6 Å². The minimum Gasteiger partial charge on any atom is -0.493 e. The number of benzene rings is 1. The van der Waals surface area contributed by atoms with Crippen molar-refractivity contribution < 1.29 is 4.74 Å².